The van der Waals surface area contributed by atoms with Gasteiger partial charge in [-0.15, -0.1) is 0 Å². The van der Waals surface area contributed by atoms with E-state index in [9.17, 15) is 8.78 Å². The molecule has 15 heavy (non-hydrogen) atoms. The second-order valence-electron chi connectivity index (χ2n) is 4.71. The highest BCUT2D eigenvalue weighted by Gasteiger charge is 2.35. The molecule has 1 aliphatic rings. The fraction of sp³-hybridized carbons (Fsp3) is 0.909. The van der Waals surface area contributed by atoms with E-state index < -0.39 is 5.92 Å². The van der Waals surface area contributed by atoms with E-state index in [1.54, 1.807) is 0 Å². The molecule has 1 fully saturated rings. The zero-order valence-electron chi connectivity index (χ0n) is 9.71. The molecule has 90 valence electrons. The highest BCUT2D eigenvalue weighted by molar-refractivity contribution is 7.78. The Labute approximate surface area is 96.9 Å². The van der Waals surface area contributed by atoms with E-state index in [2.05, 4.69) is 38.0 Å². The second kappa shape index (κ2) is 7.20. The molecule has 0 saturated heterocycles. The molecule has 0 aromatic rings. The van der Waals surface area contributed by atoms with Crippen molar-refractivity contribution in [2.24, 2.45) is 16.2 Å². The van der Waals surface area contributed by atoms with E-state index in [0.29, 0.717) is 6.42 Å². The maximum Gasteiger partial charge on any atom is 0.248 e. The van der Waals surface area contributed by atoms with Crippen LogP contribution < -0.4 is 0 Å². The number of nitrogens with zero attached hydrogens (tertiary/aromatic N) is 1. The van der Waals surface area contributed by atoms with E-state index in [1.165, 1.54) is 6.21 Å². The summed E-state index contributed by atoms with van der Waals surface area (Å²) >= 11 is 3.61. The van der Waals surface area contributed by atoms with Gasteiger partial charge < -0.3 is 0 Å². The minimum Gasteiger partial charge on any atom is -0.232 e. The minimum atomic E-state index is -2.47. The largest absolute Gasteiger partial charge is 0.248 e. The van der Waals surface area contributed by atoms with E-state index in [1.807, 2.05) is 0 Å². The molecule has 0 aromatic heterocycles. The van der Waals surface area contributed by atoms with Crippen LogP contribution in [0.5, 0.6) is 0 Å². The number of alkyl halides is 2. The van der Waals surface area contributed by atoms with Crippen LogP contribution in [0.1, 0.15) is 46.5 Å². The summed E-state index contributed by atoms with van der Waals surface area (Å²) in [6, 6.07) is 0. The maximum atomic E-state index is 12.7. The summed E-state index contributed by atoms with van der Waals surface area (Å²) < 4.78 is 28.8. The number of rotatable bonds is 1. The lowest BCUT2D eigenvalue weighted by molar-refractivity contribution is -0.0420. The molecular formula is C11H21F2NS. The highest BCUT2D eigenvalue weighted by atomic mass is 32.1. The van der Waals surface area contributed by atoms with E-state index >= 15 is 0 Å². The topological polar surface area (TPSA) is 12.4 Å². The fourth-order valence-corrected chi connectivity index (χ4v) is 1.62. The lowest BCUT2D eigenvalue weighted by Crippen LogP contribution is -2.26. The lowest BCUT2D eigenvalue weighted by Gasteiger charge is -2.25. The zero-order chi connectivity index (χ0) is 11.9. The predicted molar refractivity (Wildman–Crippen MR) is 64.9 cm³/mol. The standard InChI is InChI=1S/C7H11F2NS.C4H10/c8-7(9)3-1-2-6(4-7)5-10-11;1-4(2)3/h5-6,11H,1-4H2;4H,1-3H3/b10-5+;. The molecule has 1 unspecified atom stereocenters. The molecule has 1 rings (SSSR count). The van der Waals surface area contributed by atoms with Crippen LogP contribution in [0.25, 0.3) is 0 Å². The Morgan fingerprint density at radius 3 is 2.33 bits per heavy atom. The maximum absolute atomic E-state index is 12.7. The molecule has 0 aromatic carbocycles. The van der Waals surface area contributed by atoms with Crippen molar-refractivity contribution in [3.05, 3.63) is 0 Å². The predicted octanol–water partition coefficient (Wildman–Crippen LogP) is 4.39. The van der Waals surface area contributed by atoms with Crippen LogP contribution in [0.3, 0.4) is 0 Å². The van der Waals surface area contributed by atoms with Gasteiger partial charge in [-0.25, -0.2) is 13.2 Å². The van der Waals surface area contributed by atoms with E-state index in [-0.39, 0.29) is 18.8 Å². The number of halogens is 2. The van der Waals surface area contributed by atoms with E-state index in [0.717, 1.165) is 12.3 Å². The van der Waals surface area contributed by atoms with Crippen LogP contribution in [0.2, 0.25) is 0 Å². The van der Waals surface area contributed by atoms with Crippen LogP contribution in [0, 0.1) is 11.8 Å². The van der Waals surface area contributed by atoms with Crippen molar-refractivity contribution in [3.8, 4) is 0 Å². The molecule has 1 atom stereocenters. The fourth-order valence-electron chi connectivity index (χ4n) is 1.43. The zero-order valence-corrected chi connectivity index (χ0v) is 10.6. The van der Waals surface area contributed by atoms with Crippen molar-refractivity contribution in [3.63, 3.8) is 0 Å². The number of hydrogen-bond donors (Lipinski definition) is 1. The summed E-state index contributed by atoms with van der Waals surface area (Å²) in [5.41, 5.74) is 0. The van der Waals surface area contributed by atoms with Crippen molar-refractivity contribution in [2.75, 3.05) is 0 Å². The van der Waals surface area contributed by atoms with Crippen LogP contribution in [0.4, 0.5) is 8.78 Å². The Hall–Kier alpha value is -0.120. The van der Waals surface area contributed by atoms with Gasteiger partial charge in [0.2, 0.25) is 5.92 Å². The Morgan fingerprint density at radius 2 is 1.93 bits per heavy atom. The van der Waals surface area contributed by atoms with Crippen LogP contribution in [-0.2, 0) is 0 Å². The summed E-state index contributed by atoms with van der Waals surface area (Å²) in [7, 11) is 0. The lowest BCUT2D eigenvalue weighted by atomic mass is 9.87. The smallest absolute Gasteiger partial charge is 0.232 e. The first kappa shape index (κ1) is 14.9. The monoisotopic (exact) mass is 237 g/mol. The molecule has 0 radical (unpaired) electrons. The van der Waals surface area contributed by atoms with Crippen molar-refractivity contribution < 1.29 is 8.78 Å². The molecule has 0 aliphatic heterocycles. The van der Waals surface area contributed by atoms with Gasteiger partial charge in [0, 0.05) is 25.0 Å². The van der Waals surface area contributed by atoms with Crippen LogP contribution >= 0.6 is 12.8 Å². The van der Waals surface area contributed by atoms with Gasteiger partial charge in [0.05, 0.1) is 0 Å². The summed E-state index contributed by atoms with van der Waals surface area (Å²) in [5, 5.41) is 0. The minimum absolute atomic E-state index is 0.0317. The first-order chi connectivity index (χ1) is 6.87. The second-order valence-corrected chi connectivity index (χ2v) is 4.94. The molecule has 0 bridgehead atoms. The van der Waals surface area contributed by atoms with Gasteiger partial charge in [-0.3, -0.25) is 0 Å². The SMILES string of the molecule is CC(C)C.FC1(F)CCCC(/C=N/S)C1. The average molecular weight is 237 g/mol. The summed E-state index contributed by atoms with van der Waals surface area (Å²) in [4.78, 5) is 0. The Balaban J connectivity index is 0.000000423. The van der Waals surface area contributed by atoms with Gasteiger partial charge in [-0.05, 0) is 31.6 Å². The highest BCUT2D eigenvalue weighted by Crippen LogP contribution is 2.35. The first-order valence-corrected chi connectivity index (χ1v) is 5.83. The van der Waals surface area contributed by atoms with Gasteiger partial charge in [-0.1, -0.05) is 20.8 Å². The summed E-state index contributed by atoms with van der Waals surface area (Å²) in [6.45, 7) is 6.50. The molecule has 0 amide bonds. The third kappa shape index (κ3) is 8.85. The Morgan fingerprint density at radius 1 is 1.40 bits per heavy atom. The molecule has 1 saturated carbocycles. The molecule has 0 heterocycles. The number of hydrogen-bond acceptors (Lipinski definition) is 2. The summed E-state index contributed by atoms with van der Waals surface area (Å²) in [6.07, 6.45) is 2.90. The molecule has 0 N–H and O–H groups in total. The van der Waals surface area contributed by atoms with Crippen LogP contribution in [-0.4, -0.2) is 12.1 Å². The normalized spacial score (nSPS) is 25.1. The van der Waals surface area contributed by atoms with Gasteiger partial charge in [-0.2, -0.15) is 0 Å². The average Bonchev–Trinajstić information content (AvgIpc) is 2.01. The molecular weight excluding hydrogens is 216 g/mol. The van der Waals surface area contributed by atoms with Crippen LogP contribution in [0.15, 0.2) is 4.40 Å². The molecule has 0 spiro atoms. The van der Waals surface area contributed by atoms with Crippen molar-refractivity contribution in [2.45, 2.75) is 52.4 Å². The third-order valence-corrected chi connectivity index (χ3v) is 2.09. The van der Waals surface area contributed by atoms with Crippen molar-refractivity contribution >= 4 is 19.0 Å². The third-order valence-electron chi connectivity index (χ3n) is 1.96. The number of thiol groups is 1. The van der Waals surface area contributed by atoms with E-state index in [4.69, 9.17) is 0 Å². The summed E-state index contributed by atoms with van der Waals surface area (Å²) in [5.74, 6) is -1.71. The van der Waals surface area contributed by atoms with Gasteiger partial charge in [0.1, 0.15) is 0 Å². The first-order valence-electron chi connectivity index (χ1n) is 5.43. The van der Waals surface area contributed by atoms with Gasteiger partial charge in [0.15, 0.2) is 0 Å². The Kier molecular flexibility index (Phi) is 7.14. The molecule has 1 nitrogen and oxygen atoms in total. The quantitative estimate of drug-likeness (QED) is 0.513. The van der Waals surface area contributed by atoms with Gasteiger partial charge in [0.25, 0.3) is 0 Å². The molecule has 4 heteroatoms. The van der Waals surface area contributed by atoms with Gasteiger partial charge >= 0.3 is 0 Å². The van der Waals surface area contributed by atoms with Crippen molar-refractivity contribution in [1.82, 2.24) is 0 Å². The molecule has 1 aliphatic carbocycles. The Bertz CT molecular complexity index is 190. The van der Waals surface area contributed by atoms with Crippen molar-refractivity contribution in [1.29, 1.82) is 0 Å².